The van der Waals surface area contributed by atoms with E-state index in [1.165, 1.54) is 6.33 Å². The molecule has 2 N–H and O–H groups in total. The van der Waals surface area contributed by atoms with E-state index in [0.29, 0.717) is 22.3 Å². The summed E-state index contributed by atoms with van der Waals surface area (Å²) in [4.78, 5) is 12.2. The summed E-state index contributed by atoms with van der Waals surface area (Å²) in [6.45, 7) is 1.97. The van der Waals surface area contributed by atoms with Gasteiger partial charge in [-0.3, -0.25) is 0 Å². The number of aryl methyl sites for hydroxylation is 1. The van der Waals surface area contributed by atoms with Gasteiger partial charge in [-0.25, -0.2) is 9.97 Å². The van der Waals surface area contributed by atoms with Gasteiger partial charge in [-0.2, -0.15) is 0 Å². The number of nitrogens with one attached hydrogen (secondary N) is 2. The standard InChI is InChI=1S/C19H17ClN4O2/c1-10-4-5-11(6-13(10)20)23-19-18-17(21-9-22-19)12-7-15(25-2)16(26-3)8-14(12)24-18/h4-9,24H,1-3H3,(H,21,22,23). The van der Waals surface area contributed by atoms with Gasteiger partial charge in [-0.05, 0) is 30.7 Å². The van der Waals surface area contributed by atoms with Gasteiger partial charge in [0.1, 0.15) is 17.4 Å². The molecule has 4 aromatic rings. The first kappa shape index (κ1) is 16.5. The largest absolute Gasteiger partial charge is 0.493 e. The second kappa shape index (κ2) is 6.38. The number of ether oxygens (including phenoxy) is 2. The highest BCUT2D eigenvalue weighted by Gasteiger charge is 2.15. The number of hydrogen-bond acceptors (Lipinski definition) is 5. The molecule has 0 fully saturated rings. The Balaban J connectivity index is 1.86. The summed E-state index contributed by atoms with van der Waals surface area (Å²) in [5.41, 5.74) is 4.37. The number of benzene rings is 2. The molecule has 2 aromatic carbocycles. The first-order valence-electron chi connectivity index (χ1n) is 8.02. The van der Waals surface area contributed by atoms with Crippen molar-refractivity contribution in [3.63, 3.8) is 0 Å². The number of H-pyrrole nitrogens is 1. The first-order valence-corrected chi connectivity index (χ1v) is 8.40. The van der Waals surface area contributed by atoms with E-state index in [-0.39, 0.29) is 0 Å². The average molecular weight is 369 g/mol. The van der Waals surface area contributed by atoms with E-state index in [4.69, 9.17) is 21.1 Å². The van der Waals surface area contributed by atoms with Crippen molar-refractivity contribution >= 4 is 45.0 Å². The third-order valence-electron chi connectivity index (χ3n) is 4.32. The Morgan fingerprint density at radius 2 is 1.81 bits per heavy atom. The highest BCUT2D eigenvalue weighted by molar-refractivity contribution is 6.31. The van der Waals surface area contributed by atoms with Gasteiger partial charge in [0.25, 0.3) is 0 Å². The predicted molar refractivity (Wildman–Crippen MR) is 104 cm³/mol. The zero-order chi connectivity index (χ0) is 18.3. The van der Waals surface area contributed by atoms with Gasteiger partial charge in [0.2, 0.25) is 0 Å². The summed E-state index contributed by atoms with van der Waals surface area (Å²) >= 11 is 6.22. The summed E-state index contributed by atoms with van der Waals surface area (Å²) in [6, 6.07) is 9.60. The number of halogens is 1. The molecule has 0 spiro atoms. The number of rotatable bonds is 4. The van der Waals surface area contributed by atoms with Crippen LogP contribution in [-0.2, 0) is 0 Å². The molecular formula is C19H17ClN4O2. The van der Waals surface area contributed by atoms with Crippen LogP contribution in [0.1, 0.15) is 5.56 Å². The number of methoxy groups -OCH3 is 2. The zero-order valence-corrected chi connectivity index (χ0v) is 15.3. The Kier molecular flexibility index (Phi) is 4.05. The van der Waals surface area contributed by atoms with Crippen LogP contribution in [0.5, 0.6) is 11.5 Å². The van der Waals surface area contributed by atoms with Crippen molar-refractivity contribution in [1.29, 1.82) is 0 Å². The SMILES string of the molecule is COc1cc2[nH]c3c(Nc4ccc(C)c(Cl)c4)ncnc3c2cc1OC. The van der Waals surface area contributed by atoms with Crippen molar-refractivity contribution in [1.82, 2.24) is 15.0 Å². The third-order valence-corrected chi connectivity index (χ3v) is 4.73. The third kappa shape index (κ3) is 2.68. The highest BCUT2D eigenvalue weighted by atomic mass is 35.5. The van der Waals surface area contributed by atoms with Gasteiger partial charge < -0.3 is 19.8 Å². The maximum absolute atomic E-state index is 6.22. The van der Waals surface area contributed by atoms with Crippen LogP contribution in [0.4, 0.5) is 11.5 Å². The molecule has 0 atom stereocenters. The smallest absolute Gasteiger partial charge is 0.162 e. The van der Waals surface area contributed by atoms with E-state index < -0.39 is 0 Å². The highest BCUT2D eigenvalue weighted by Crippen LogP contribution is 2.36. The first-order chi connectivity index (χ1) is 12.6. The van der Waals surface area contributed by atoms with E-state index in [0.717, 1.165) is 33.2 Å². The molecule has 0 saturated carbocycles. The lowest BCUT2D eigenvalue weighted by Crippen LogP contribution is -1.95. The van der Waals surface area contributed by atoms with Crippen molar-refractivity contribution < 1.29 is 9.47 Å². The molecule has 7 heteroatoms. The number of aromatic nitrogens is 3. The molecular weight excluding hydrogens is 352 g/mol. The molecule has 0 unspecified atom stereocenters. The molecule has 0 aliphatic rings. The molecule has 0 aliphatic heterocycles. The lowest BCUT2D eigenvalue weighted by molar-refractivity contribution is 0.356. The lowest BCUT2D eigenvalue weighted by atomic mass is 10.2. The Bertz CT molecular complexity index is 1120. The molecule has 2 heterocycles. The van der Waals surface area contributed by atoms with Crippen LogP contribution >= 0.6 is 11.6 Å². The molecule has 132 valence electrons. The Morgan fingerprint density at radius 1 is 1.04 bits per heavy atom. The van der Waals surface area contributed by atoms with E-state index in [1.54, 1.807) is 14.2 Å². The van der Waals surface area contributed by atoms with Crippen molar-refractivity contribution in [2.45, 2.75) is 6.92 Å². The number of anilines is 2. The molecule has 0 bridgehead atoms. The Morgan fingerprint density at radius 3 is 2.54 bits per heavy atom. The number of nitrogens with zero attached hydrogens (tertiary/aromatic N) is 2. The quantitative estimate of drug-likeness (QED) is 0.539. The van der Waals surface area contributed by atoms with E-state index >= 15 is 0 Å². The number of fused-ring (bicyclic) bond motifs is 3. The molecule has 6 nitrogen and oxygen atoms in total. The van der Waals surface area contributed by atoms with Crippen molar-refractivity contribution in [2.24, 2.45) is 0 Å². The van der Waals surface area contributed by atoms with Crippen molar-refractivity contribution in [2.75, 3.05) is 19.5 Å². The van der Waals surface area contributed by atoms with E-state index in [9.17, 15) is 0 Å². The van der Waals surface area contributed by atoms with Crippen molar-refractivity contribution in [3.05, 3.63) is 47.2 Å². The fourth-order valence-electron chi connectivity index (χ4n) is 2.92. The zero-order valence-electron chi connectivity index (χ0n) is 14.6. The summed E-state index contributed by atoms with van der Waals surface area (Å²) in [5, 5.41) is 4.94. The second-order valence-corrected chi connectivity index (χ2v) is 6.32. The number of hydrogen-bond donors (Lipinski definition) is 2. The second-order valence-electron chi connectivity index (χ2n) is 5.91. The normalized spacial score (nSPS) is 11.1. The summed E-state index contributed by atoms with van der Waals surface area (Å²) in [5.74, 6) is 1.97. The van der Waals surface area contributed by atoms with Crippen LogP contribution in [0.3, 0.4) is 0 Å². The Hall–Kier alpha value is -2.99. The van der Waals surface area contributed by atoms with Crippen molar-refractivity contribution in [3.8, 4) is 11.5 Å². The predicted octanol–water partition coefficient (Wildman–Crippen LogP) is 4.83. The molecule has 26 heavy (non-hydrogen) atoms. The van der Waals surface area contributed by atoms with Gasteiger partial charge in [-0.15, -0.1) is 0 Å². The fraction of sp³-hybridized carbons (Fsp3) is 0.158. The summed E-state index contributed by atoms with van der Waals surface area (Å²) < 4.78 is 10.8. The summed E-state index contributed by atoms with van der Waals surface area (Å²) in [6.07, 6.45) is 1.53. The van der Waals surface area contributed by atoms with Gasteiger partial charge in [-0.1, -0.05) is 17.7 Å². The van der Waals surface area contributed by atoms with E-state index in [1.807, 2.05) is 37.3 Å². The monoisotopic (exact) mass is 368 g/mol. The minimum absolute atomic E-state index is 0.652. The lowest BCUT2D eigenvalue weighted by Gasteiger charge is -2.07. The average Bonchev–Trinajstić information content (AvgIpc) is 3.02. The van der Waals surface area contributed by atoms with Crippen LogP contribution < -0.4 is 14.8 Å². The molecule has 4 rings (SSSR count). The van der Waals surface area contributed by atoms with Crippen LogP contribution in [0, 0.1) is 6.92 Å². The molecule has 0 saturated heterocycles. The fourth-order valence-corrected chi connectivity index (χ4v) is 3.10. The summed E-state index contributed by atoms with van der Waals surface area (Å²) in [7, 11) is 3.22. The molecule has 0 amide bonds. The van der Waals surface area contributed by atoms with Crippen LogP contribution in [0.25, 0.3) is 21.9 Å². The molecule has 0 radical (unpaired) electrons. The van der Waals surface area contributed by atoms with E-state index in [2.05, 4.69) is 20.3 Å². The minimum Gasteiger partial charge on any atom is -0.493 e. The maximum Gasteiger partial charge on any atom is 0.162 e. The topological polar surface area (TPSA) is 72.1 Å². The van der Waals surface area contributed by atoms with Crippen LogP contribution in [-0.4, -0.2) is 29.2 Å². The van der Waals surface area contributed by atoms with Gasteiger partial charge in [0.05, 0.1) is 19.7 Å². The van der Waals surface area contributed by atoms with Gasteiger partial charge >= 0.3 is 0 Å². The van der Waals surface area contributed by atoms with Gasteiger partial charge in [0.15, 0.2) is 17.3 Å². The maximum atomic E-state index is 6.22. The Labute approximate surface area is 155 Å². The van der Waals surface area contributed by atoms with Gasteiger partial charge in [0, 0.05) is 22.2 Å². The van der Waals surface area contributed by atoms with Crippen LogP contribution in [0.15, 0.2) is 36.7 Å². The van der Waals surface area contributed by atoms with Crippen LogP contribution in [0.2, 0.25) is 5.02 Å². The number of aromatic amines is 1. The molecule has 0 aliphatic carbocycles. The minimum atomic E-state index is 0.652. The molecule has 2 aromatic heterocycles.